The molecule has 0 aliphatic heterocycles. The molecular formula is C15H16N2O3. The highest BCUT2D eigenvalue weighted by Gasteiger charge is 2.08. The molecule has 0 saturated heterocycles. The van der Waals surface area contributed by atoms with E-state index in [-0.39, 0.29) is 5.84 Å². The van der Waals surface area contributed by atoms with Gasteiger partial charge in [0.15, 0.2) is 17.3 Å². The van der Waals surface area contributed by atoms with Gasteiger partial charge in [0.1, 0.15) is 6.61 Å². The lowest BCUT2D eigenvalue weighted by Gasteiger charge is -2.12. The van der Waals surface area contributed by atoms with E-state index in [1.165, 1.54) is 0 Å². The zero-order chi connectivity index (χ0) is 14.4. The van der Waals surface area contributed by atoms with Crippen LogP contribution in [0.1, 0.15) is 11.1 Å². The summed E-state index contributed by atoms with van der Waals surface area (Å²) < 4.78 is 11.0. The number of nitrogens with two attached hydrogens (primary N) is 1. The molecule has 0 bridgehead atoms. The Bertz CT molecular complexity index is 597. The molecule has 0 aliphatic rings. The number of oxime groups is 1. The number of rotatable bonds is 5. The third-order valence-electron chi connectivity index (χ3n) is 2.80. The van der Waals surface area contributed by atoms with Crippen LogP contribution in [0.2, 0.25) is 0 Å². The van der Waals surface area contributed by atoms with E-state index in [1.54, 1.807) is 25.3 Å². The predicted molar refractivity (Wildman–Crippen MR) is 76.3 cm³/mol. The molecule has 2 aromatic rings. The molecule has 2 rings (SSSR count). The second-order valence-corrected chi connectivity index (χ2v) is 4.13. The molecule has 0 heterocycles. The van der Waals surface area contributed by atoms with Crippen LogP contribution in [-0.4, -0.2) is 18.2 Å². The van der Waals surface area contributed by atoms with E-state index in [2.05, 4.69) is 5.16 Å². The van der Waals surface area contributed by atoms with E-state index < -0.39 is 0 Å². The number of amidine groups is 1. The summed E-state index contributed by atoms with van der Waals surface area (Å²) in [5.74, 6) is 1.16. The number of benzene rings is 2. The molecule has 0 amide bonds. The topological polar surface area (TPSA) is 77.1 Å². The molecule has 0 spiro atoms. The fourth-order valence-electron chi connectivity index (χ4n) is 1.74. The molecule has 0 aromatic heterocycles. The molecule has 5 heteroatoms. The van der Waals surface area contributed by atoms with Gasteiger partial charge >= 0.3 is 0 Å². The van der Waals surface area contributed by atoms with Crippen LogP contribution in [0.5, 0.6) is 11.5 Å². The first kappa shape index (κ1) is 13.7. The molecular weight excluding hydrogens is 256 g/mol. The Kier molecular flexibility index (Phi) is 4.44. The van der Waals surface area contributed by atoms with E-state index in [0.717, 1.165) is 5.56 Å². The third kappa shape index (κ3) is 3.20. The van der Waals surface area contributed by atoms with Gasteiger partial charge in [-0.2, -0.15) is 0 Å². The van der Waals surface area contributed by atoms with Gasteiger partial charge in [-0.25, -0.2) is 0 Å². The Morgan fingerprint density at radius 2 is 1.90 bits per heavy atom. The zero-order valence-electron chi connectivity index (χ0n) is 11.1. The van der Waals surface area contributed by atoms with Crippen LogP contribution in [0.25, 0.3) is 0 Å². The molecule has 0 fully saturated rings. The van der Waals surface area contributed by atoms with Gasteiger partial charge in [0.05, 0.1) is 7.11 Å². The lowest BCUT2D eigenvalue weighted by atomic mass is 10.2. The summed E-state index contributed by atoms with van der Waals surface area (Å²) in [6.07, 6.45) is 0. The van der Waals surface area contributed by atoms with Crippen molar-refractivity contribution in [1.29, 1.82) is 0 Å². The number of ether oxygens (including phenoxy) is 2. The first-order valence-corrected chi connectivity index (χ1v) is 6.07. The van der Waals surface area contributed by atoms with E-state index >= 15 is 0 Å². The number of hydrogen-bond acceptors (Lipinski definition) is 4. The van der Waals surface area contributed by atoms with E-state index in [4.69, 9.17) is 20.4 Å². The Labute approximate surface area is 117 Å². The van der Waals surface area contributed by atoms with Crippen LogP contribution in [0.3, 0.4) is 0 Å². The van der Waals surface area contributed by atoms with Crippen LogP contribution >= 0.6 is 0 Å². The second kappa shape index (κ2) is 6.47. The van der Waals surface area contributed by atoms with Crippen LogP contribution in [-0.2, 0) is 6.61 Å². The highest BCUT2D eigenvalue weighted by Crippen LogP contribution is 2.28. The molecule has 0 unspecified atom stereocenters. The predicted octanol–water partition coefficient (Wildman–Crippen LogP) is 2.37. The summed E-state index contributed by atoms with van der Waals surface area (Å²) in [4.78, 5) is 0. The highest BCUT2D eigenvalue weighted by atomic mass is 16.5. The Morgan fingerprint density at radius 3 is 2.55 bits per heavy atom. The van der Waals surface area contributed by atoms with Crippen molar-refractivity contribution in [1.82, 2.24) is 0 Å². The van der Waals surface area contributed by atoms with Crippen molar-refractivity contribution >= 4 is 5.84 Å². The summed E-state index contributed by atoms with van der Waals surface area (Å²) in [6.45, 7) is 0.445. The van der Waals surface area contributed by atoms with E-state index in [0.29, 0.717) is 23.7 Å². The van der Waals surface area contributed by atoms with Gasteiger partial charge in [-0.15, -0.1) is 0 Å². The van der Waals surface area contributed by atoms with Gasteiger partial charge in [0, 0.05) is 5.56 Å². The summed E-state index contributed by atoms with van der Waals surface area (Å²) in [7, 11) is 1.54. The van der Waals surface area contributed by atoms with Gasteiger partial charge in [0.25, 0.3) is 0 Å². The lowest BCUT2D eigenvalue weighted by molar-refractivity contribution is 0.284. The van der Waals surface area contributed by atoms with E-state index in [9.17, 15) is 0 Å². The maximum Gasteiger partial charge on any atom is 0.170 e. The molecule has 0 saturated carbocycles. The van der Waals surface area contributed by atoms with Crippen LogP contribution in [0, 0.1) is 0 Å². The fourth-order valence-corrected chi connectivity index (χ4v) is 1.74. The maximum atomic E-state index is 8.66. The molecule has 2 aromatic carbocycles. The quantitative estimate of drug-likeness (QED) is 0.379. The highest BCUT2D eigenvalue weighted by molar-refractivity contribution is 5.97. The number of methoxy groups -OCH3 is 1. The minimum absolute atomic E-state index is 0.0258. The first-order chi connectivity index (χ1) is 9.74. The van der Waals surface area contributed by atoms with Gasteiger partial charge in [-0.05, 0) is 23.8 Å². The first-order valence-electron chi connectivity index (χ1n) is 6.07. The van der Waals surface area contributed by atoms with Crippen molar-refractivity contribution in [3.8, 4) is 11.5 Å². The summed E-state index contributed by atoms with van der Waals surface area (Å²) in [5, 5.41) is 11.6. The third-order valence-corrected chi connectivity index (χ3v) is 2.80. The summed E-state index contributed by atoms with van der Waals surface area (Å²) >= 11 is 0. The molecule has 20 heavy (non-hydrogen) atoms. The van der Waals surface area contributed by atoms with E-state index in [1.807, 2.05) is 30.3 Å². The fraction of sp³-hybridized carbons (Fsp3) is 0.133. The lowest BCUT2D eigenvalue weighted by Crippen LogP contribution is -2.13. The summed E-state index contributed by atoms with van der Waals surface area (Å²) in [6, 6.07) is 14.9. The van der Waals surface area contributed by atoms with Crippen molar-refractivity contribution < 1.29 is 14.7 Å². The smallest absolute Gasteiger partial charge is 0.170 e. The largest absolute Gasteiger partial charge is 0.493 e. The van der Waals surface area contributed by atoms with Crippen molar-refractivity contribution in [3.05, 3.63) is 59.7 Å². The average Bonchev–Trinajstić information content (AvgIpc) is 2.53. The number of nitrogens with zero attached hydrogens (tertiary/aromatic N) is 1. The number of hydrogen-bond donors (Lipinski definition) is 2. The van der Waals surface area contributed by atoms with Crippen LogP contribution < -0.4 is 15.2 Å². The minimum atomic E-state index is 0.0258. The van der Waals surface area contributed by atoms with Crippen LogP contribution in [0.4, 0.5) is 0 Å². The normalized spacial score (nSPS) is 11.2. The van der Waals surface area contributed by atoms with Gasteiger partial charge in [-0.3, -0.25) is 0 Å². The molecule has 104 valence electrons. The van der Waals surface area contributed by atoms with Gasteiger partial charge in [-0.1, -0.05) is 35.5 Å². The van der Waals surface area contributed by atoms with Crippen molar-refractivity contribution in [2.45, 2.75) is 6.61 Å². The summed E-state index contributed by atoms with van der Waals surface area (Å²) in [5.41, 5.74) is 7.17. The van der Waals surface area contributed by atoms with Crippen molar-refractivity contribution in [2.24, 2.45) is 10.9 Å². The van der Waals surface area contributed by atoms with Crippen molar-refractivity contribution in [3.63, 3.8) is 0 Å². The Hall–Kier alpha value is -2.69. The van der Waals surface area contributed by atoms with Crippen molar-refractivity contribution in [2.75, 3.05) is 7.11 Å². The van der Waals surface area contributed by atoms with Crippen LogP contribution in [0.15, 0.2) is 53.7 Å². The Balaban J connectivity index is 2.16. The SMILES string of the molecule is COc1cc(/C(N)=N/O)ccc1OCc1ccccc1. The minimum Gasteiger partial charge on any atom is -0.493 e. The Morgan fingerprint density at radius 1 is 1.15 bits per heavy atom. The standard InChI is InChI=1S/C15H16N2O3/c1-19-14-9-12(15(16)17-18)7-8-13(14)20-10-11-5-3-2-4-6-11/h2-9,18H,10H2,1H3,(H2,16,17). The molecule has 0 aliphatic carbocycles. The molecule has 0 atom stereocenters. The van der Waals surface area contributed by atoms with Gasteiger partial charge < -0.3 is 20.4 Å². The molecule has 3 N–H and O–H groups in total. The molecule has 0 radical (unpaired) electrons. The van der Waals surface area contributed by atoms with Gasteiger partial charge in [0.2, 0.25) is 0 Å². The maximum absolute atomic E-state index is 8.66. The zero-order valence-corrected chi connectivity index (χ0v) is 11.1. The molecule has 5 nitrogen and oxygen atoms in total. The monoisotopic (exact) mass is 272 g/mol. The average molecular weight is 272 g/mol. The second-order valence-electron chi connectivity index (χ2n) is 4.13.